The van der Waals surface area contributed by atoms with Gasteiger partial charge in [0.2, 0.25) is 5.91 Å². The molecule has 184 valence electrons. The Hall–Kier alpha value is -3.01. The normalized spacial score (nSPS) is 19.3. The van der Waals surface area contributed by atoms with Crippen molar-refractivity contribution in [3.8, 4) is 23.0 Å². The van der Waals surface area contributed by atoms with Gasteiger partial charge in [-0.15, -0.1) is 0 Å². The van der Waals surface area contributed by atoms with Crippen molar-refractivity contribution < 1.29 is 34.0 Å². The smallest absolute Gasteiger partial charge is 0.223 e. The maximum Gasteiger partial charge on any atom is 0.223 e. The lowest BCUT2D eigenvalue weighted by molar-refractivity contribution is -0.123. The van der Waals surface area contributed by atoms with Crippen molar-refractivity contribution in [2.45, 2.75) is 31.1 Å². The average molecular weight is 473 g/mol. The van der Waals surface area contributed by atoms with Gasteiger partial charge in [-0.3, -0.25) is 9.69 Å². The van der Waals surface area contributed by atoms with Crippen LogP contribution in [0.15, 0.2) is 42.5 Å². The summed E-state index contributed by atoms with van der Waals surface area (Å²) in [6, 6.07) is 11.9. The molecule has 0 saturated carbocycles. The molecule has 2 aliphatic rings. The molecular formula is C25H32N2O7. The second-order valence-corrected chi connectivity index (χ2v) is 8.50. The minimum Gasteiger partial charge on any atom is -0.497 e. The largest absolute Gasteiger partial charge is 0.497 e. The molecule has 1 saturated heterocycles. The van der Waals surface area contributed by atoms with Gasteiger partial charge in [0.25, 0.3) is 0 Å². The molecule has 34 heavy (non-hydrogen) atoms. The van der Waals surface area contributed by atoms with Crippen LogP contribution in [0.3, 0.4) is 0 Å². The van der Waals surface area contributed by atoms with Crippen molar-refractivity contribution in [3.63, 3.8) is 0 Å². The van der Waals surface area contributed by atoms with Gasteiger partial charge < -0.3 is 34.5 Å². The third-order valence-electron chi connectivity index (χ3n) is 5.99. The van der Waals surface area contributed by atoms with E-state index < -0.39 is 12.1 Å². The van der Waals surface area contributed by atoms with Gasteiger partial charge in [-0.05, 0) is 48.4 Å². The monoisotopic (exact) mass is 472 g/mol. The van der Waals surface area contributed by atoms with Crippen LogP contribution in [0.4, 0.5) is 0 Å². The maximum absolute atomic E-state index is 12.7. The summed E-state index contributed by atoms with van der Waals surface area (Å²) in [5.74, 6) is 2.37. The van der Waals surface area contributed by atoms with E-state index in [-0.39, 0.29) is 25.0 Å². The predicted octanol–water partition coefficient (Wildman–Crippen LogP) is 1.52. The molecule has 9 nitrogen and oxygen atoms in total. The number of carbonyl (C=O) groups is 1. The minimum absolute atomic E-state index is 0.138. The van der Waals surface area contributed by atoms with Crippen molar-refractivity contribution in [2.24, 2.45) is 0 Å². The Morgan fingerprint density at radius 1 is 1.15 bits per heavy atom. The van der Waals surface area contributed by atoms with Crippen molar-refractivity contribution in [2.75, 3.05) is 46.6 Å². The summed E-state index contributed by atoms with van der Waals surface area (Å²) in [6.07, 6.45) is -0.532. The molecule has 1 amide bonds. The lowest BCUT2D eigenvalue weighted by atomic mass is 10.0. The molecule has 2 aromatic carbocycles. The SMILES string of the molecule is COc1ccc(OCCC(=O)N[C@H](CN2CCC(O)C2)C(O)c2ccc3c(c2)OCCO3)cc1. The molecule has 2 aromatic rings. The molecule has 9 heteroatoms. The number of rotatable bonds is 10. The summed E-state index contributed by atoms with van der Waals surface area (Å²) in [4.78, 5) is 14.8. The highest BCUT2D eigenvalue weighted by atomic mass is 16.6. The zero-order valence-electron chi connectivity index (χ0n) is 19.3. The topological polar surface area (TPSA) is 110 Å². The summed E-state index contributed by atoms with van der Waals surface area (Å²) < 4.78 is 22.0. The van der Waals surface area contributed by atoms with Crippen LogP contribution in [-0.2, 0) is 4.79 Å². The number of β-amino-alcohol motifs (C(OH)–C–C–N with tert-alkyl or cyclic N) is 1. The van der Waals surface area contributed by atoms with Gasteiger partial charge in [0.15, 0.2) is 11.5 Å². The molecule has 0 aromatic heterocycles. The Morgan fingerprint density at radius 2 is 1.88 bits per heavy atom. The van der Waals surface area contributed by atoms with Gasteiger partial charge in [0.1, 0.15) is 30.8 Å². The van der Waals surface area contributed by atoms with Crippen molar-refractivity contribution in [1.29, 1.82) is 0 Å². The molecule has 2 heterocycles. The van der Waals surface area contributed by atoms with Crippen molar-refractivity contribution >= 4 is 5.91 Å². The quantitative estimate of drug-likeness (QED) is 0.478. The fourth-order valence-electron chi connectivity index (χ4n) is 4.17. The molecule has 2 unspecified atom stereocenters. The molecule has 0 radical (unpaired) electrons. The number of benzene rings is 2. The van der Waals surface area contributed by atoms with Crippen LogP contribution in [0.2, 0.25) is 0 Å². The van der Waals surface area contributed by atoms with Crippen LogP contribution >= 0.6 is 0 Å². The summed E-state index contributed by atoms with van der Waals surface area (Å²) in [5.41, 5.74) is 0.628. The summed E-state index contributed by atoms with van der Waals surface area (Å²) >= 11 is 0. The number of likely N-dealkylation sites (tertiary alicyclic amines) is 1. The van der Waals surface area contributed by atoms with E-state index in [1.54, 1.807) is 49.6 Å². The Balaban J connectivity index is 1.37. The van der Waals surface area contributed by atoms with E-state index in [0.717, 1.165) is 5.75 Å². The number of amides is 1. The van der Waals surface area contributed by atoms with Crippen LogP contribution in [0.5, 0.6) is 23.0 Å². The van der Waals surface area contributed by atoms with Gasteiger partial charge in [-0.1, -0.05) is 6.07 Å². The van der Waals surface area contributed by atoms with Gasteiger partial charge in [0, 0.05) is 19.6 Å². The molecule has 0 bridgehead atoms. The highest BCUT2D eigenvalue weighted by Crippen LogP contribution is 2.33. The van der Waals surface area contributed by atoms with Crippen LogP contribution in [0.1, 0.15) is 24.5 Å². The van der Waals surface area contributed by atoms with Gasteiger partial charge >= 0.3 is 0 Å². The first-order chi connectivity index (χ1) is 16.5. The molecule has 3 atom stereocenters. The van der Waals surface area contributed by atoms with E-state index in [1.807, 2.05) is 4.90 Å². The molecule has 2 aliphatic heterocycles. The standard InChI is InChI=1S/C25H32N2O7/c1-31-19-3-5-20(6-4-19)32-11-9-24(29)26-21(16-27-10-8-18(28)15-27)25(30)17-2-7-22-23(14-17)34-13-12-33-22/h2-7,14,18,21,25,28,30H,8-13,15-16H2,1H3,(H,26,29)/t18?,21-,25?/m1/s1. The number of hydrogen-bond donors (Lipinski definition) is 3. The first-order valence-electron chi connectivity index (χ1n) is 11.6. The molecule has 0 aliphatic carbocycles. The van der Waals surface area contributed by atoms with Gasteiger partial charge in [-0.25, -0.2) is 0 Å². The van der Waals surface area contributed by atoms with E-state index in [4.69, 9.17) is 18.9 Å². The number of nitrogens with one attached hydrogen (secondary N) is 1. The Kier molecular flexibility index (Phi) is 8.10. The average Bonchev–Trinajstić information content (AvgIpc) is 3.27. The third kappa shape index (κ3) is 6.31. The Labute approximate surface area is 199 Å². The van der Waals surface area contributed by atoms with E-state index in [1.165, 1.54) is 0 Å². The number of carbonyl (C=O) groups excluding carboxylic acids is 1. The lowest BCUT2D eigenvalue weighted by Crippen LogP contribution is -2.47. The zero-order valence-corrected chi connectivity index (χ0v) is 19.3. The second-order valence-electron chi connectivity index (χ2n) is 8.50. The number of aliphatic hydroxyl groups is 2. The number of fused-ring (bicyclic) bond motifs is 1. The first-order valence-corrected chi connectivity index (χ1v) is 11.6. The van der Waals surface area contributed by atoms with E-state index in [0.29, 0.717) is 62.1 Å². The first kappa shape index (κ1) is 24.1. The van der Waals surface area contributed by atoms with Gasteiger partial charge in [-0.2, -0.15) is 0 Å². The predicted molar refractivity (Wildman–Crippen MR) is 124 cm³/mol. The molecule has 4 rings (SSSR count). The summed E-state index contributed by atoms with van der Waals surface area (Å²) in [6.45, 7) is 2.78. The number of aliphatic hydroxyl groups excluding tert-OH is 2. The van der Waals surface area contributed by atoms with Crippen molar-refractivity contribution in [3.05, 3.63) is 48.0 Å². The third-order valence-corrected chi connectivity index (χ3v) is 5.99. The zero-order chi connectivity index (χ0) is 23.9. The van der Waals surface area contributed by atoms with Crippen LogP contribution in [0, 0.1) is 0 Å². The fourth-order valence-corrected chi connectivity index (χ4v) is 4.17. The lowest BCUT2D eigenvalue weighted by Gasteiger charge is -2.29. The van der Waals surface area contributed by atoms with Crippen molar-refractivity contribution in [1.82, 2.24) is 10.2 Å². The fraction of sp³-hybridized carbons (Fsp3) is 0.480. The van der Waals surface area contributed by atoms with Crippen LogP contribution in [-0.4, -0.2) is 79.7 Å². The highest BCUT2D eigenvalue weighted by Gasteiger charge is 2.29. The highest BCUT2D eigenvalue weighted by molar-refractivity contribution is 5.76. The maximum atomic E-state index is 12.7. The summed E-state index contributed by atoms with van der Waals surface area (Å²) in [5, 5.41) is 24.0. The Morgan fingerprint density at radius 3 is 2.59 bits per heavy atom. The van der Waals surface area contributed by atoms with Crippen LogP contribution in [0.25, 0.3) is 0 Å². The molecular weight excluding hydrogens is 440 g/mol. The number of nitrogens with zero attached hydrogens (tertiary/aromatic N) is 1. The Bertz CT molecular complexity index is 953. The second kappa shape index (κ2) is 11.4. The van der Waals surface area contributed by atoms with E-state index >= 15 is 0 Å². The number of methoxy groups -OCH3 is 1. The minimum atomic E-state index is -0.958. The van der Waals surface area contributed by atoms with E-state index in [2.05, 4.69) is 5.32 Å². The molecule has 3 N–H and O–H groups in total. The number of hydrogen-bond acceptors (Lipinski definition) is 8. The van der Waals surface area contributed by atoms with Gasteiger partial charge in [0.05, 0.1) is 32.3 Å². The number of ether oxygens (including phenoxy) is 4. The van der Waals surface area contributed by atoms with E-state index in [9.17, 15) is 15.0 Å². The summed E-state index contributed by atoms with van der Waals surface area (Å²) in [7, 11) is 1.60. The molecule has 0 spiro atoms. The molecule has 1 fully saturated rings. The van der Waals surface area contributed by atoms with Crippen LogP contribution < -0.4 is 24.3 Å².